The Kier molecular flexibility index (Phi) is 5.98. The minimum atomic E-state index is -0.159. The molecular weight excluding hydrogens is 368 g/mol. The van der Waals surface area contributed by atoms with Crippen LogP contribution in [0.15, 0.2) is 58.9 Å². The van der Waals surface area contributed by atoms with Gasteiger partial charge in [0.15, 0.2) is 0 Å². The lowest BCUT2D eigenvalue weighted by atomic mass is 10.2. The van der Waals surface area contributed by atoms with Gasteiger partial charge < -0.3 is 10.6 Å². The fourth-order valence-electron chi connectivity index (χ4n) is 2.17. The smallest absolute Gasteiger partial charge is 0.234 e. The Labute approximate surface area is 159 Å². The Morgan fingerprint density at radius 2 is 1.85 bits per heavy atom. The molecule has 0 unspecified atom stereocenters. The summed E-state index contributed by atoms with van der Waals surface area (Å²) in [7, 11) is 0. The number of benzene rings is 1. The molecule has 2 amide bonds. The van der Waals surface area contributed by atoms with Crippen molar-refractivity contribution in [3.63, 3.8) is 0 Å². The molecule has 3 rings (SSSR count). The summed E-state index contributed by atoms with van der Waals surface area (Å²) in [6, 6.07) is 14.7. The van der Waals surface area contributed by atoms with Gasteiger partial charge in [-0.15, -0.1) is 21.5 Å². The molecule has 0 aliphatic carbocycles. The molecule has 0 spiro atoms. The van der Waals surface area contributed by atoms with Gasteiger partial charge in [-0.25, -0.2) is 0 Å². The Morgan fingerprint density at radius 3 is 2.50 bits per heavy atom. The molecule has 0 bridgehead atoms. The van der Waals surface area contributed by atoms with Gasteiger partial charge in [0.1, 0.15) is 10.7 Å². The van der Waals surface area contributed by atoms with Crippen LogP contribution in [0, 0.1) is 0 Å². The molecule has 0 aliphatic rings. The van der Waals surface area contributed by atoms with E-state index in [1.807, 2.05) is 29.6 Å². The number of thiophene rings is 1. The molecule has 6 nitrogen and oxygen atoms in total. The van der Waals surface area contributed by atoms with Crippen molar-refractivity contribution in [3.05, 3.63) is 53.9 Å². The summed E-state index contributed by atoms with van der Waals surface area (Å²) >= 11 is 2.92. The minimum Gasteiger partial charge on any atom is -0.326 e. The van der Waals surface area contributed by atoms with Crippen LogP contribution in [-0.2, 0) is 9.59 Å². The Hall–Kier alpha value is -2.71. The Bertz CT molecular complexity index is 896. The van der Waals surface area contributed by atoms with E-state index in [0.717, 1.165) is 10.6 Å². The number of nitrogens with zero attached hydrogens (tertiary/aromatic N) is 2. The van der Waals surface area contributed by atoms with Gasteiger partial charge in [0.2, 0.25) is 11.8 Å². The van der Waals surface area contributed by atoms with Gasteiger partial charge in [0, 0.05) is 18.3 Å². The van der Waals surface area contributed by atoms with Crippen LogP contribution in [0.4, 0.5) is 11.4 Å². The van der Waals surface area contributed by atoms with Crippen molar-refractivity contribution in [2.24, 2.45) is 0 Å². The predicted molar refractivity (Wildman–Crippen MR) is 105 cm³/mol. The fraction of sp³-hybridized carbons (Fsp3) is 0.111. The molecule has 8 heteroatoms. The van der Waals surface area contributed by atoms with Crippen molar-refractivity contribution in [1.29, 1.82) is 0 Å². The second kappa shape index (κ2) is 8.59. The van der Waals surface area contributed by atoms with Crippen LogP contribution in [0.5, 0.6) is 0 Å². The normalized spacial score (nSPS) is 10.3. The first-order valence-corrected chi connectivity index (χ1v) is 9.64. The summed E-state index contributed by atoms with van der Waals surface area (Å²) in [6.45, 7) is 1.44. The molecule has 2 N–H and O–H groups in total. The third kappa shape index (κ3) is 5.14. The number of thioether (sulfide) groups is 1. The van der Waals surface area contributed by atoms with E-state index in [2.05, 4.69) is 20.8 Å². The summed E-state index contributed by atoms with van der Waals surface area (Å²) in [5.74, 6) is -0.0927. The maximum Gasteiger partial charge on any atom is 0.234 e. The largest absolute Gasteiger partial charge is 0.326 e. The van der Waals surface area contributed by atoms with Crippen molar-refractivity contribution in [2.75, 3.05) is 16.4 Å². The summed E-state index contributed by atoms with van der Waals surface area (Å²) < 4.78 is 0. The van der Waals surface area contributed by atoms with Crippen LogP contribution in [0.2, 0.25) is 0 Å². The second-order valence-electron chi connectivity index (χ2n) is 5.33. The van der Waals surface area contributed by atoms with Gasteiger partial charge in [-0.3, -0.25) is 9.59 Å². The van der Waals surface area contributed by atoms with Crippen LogP contribution in [0.1, 0.15) is 6.92 Å². The van der Waals surface area contributed by atoms with E-state index < -0.39 is 0 Å². The summed E-state index contributed by atoms with van der Waals surface area (Å²) in [5, 5.41) is 16.5. The zero-order valence-corrected chi connectivity index (χ0v) is 15.6. The highest BCUT2D eigenvalue weighted by molar-refractivity contribution is 7.99. The molecular formula is C18H16N4O2S2. The monoisotopic (exact) mass is 384 g/mol. The first-order chi connectivity index (χ1) is 12.6. The van der Waals surface area contributed by atoms with Gasteiger partial charge in [-0.2, -0.15) is 0 Å². The molecule has 0 atom stereocenters. The van der Waals surface area contributed by atoms with E-state index in [0.29, 0.717) is 16.4 Å². The van der Waals surface area contributed by atoms with Crippen LogP contribution in [0.25, 0.3) is 10.6 Å². The number of carbonyl (C=O) groups excluding carboxylic acids is 2. The van der Waals surface area contributed by atoms with E-state index in [-0.39, 0.29) is 17.6 Å². The molecule has 2 aromatic heterocycles. The van der Waals surface area contributed by atoms with Gasteiger partial charge >= 0.3 is 0 Å². The Balaban J connectivity index is 1.53. The van der Waals surface area contributed by atoms with Crippen molar-refractivity contribution < 1.29 is 9.59 Å². The van der Waals surface area contributed by atoms with Gasteiger partial charge in [0.25, 0.3) is 0 Å². The molecule has 0 fully saturated rings. The lowest BCUT2D eigenvalue weighted by Crippen LogP contribution is -2.14. The number of aromatic nitrogens is 2. The second-order valence-corrected chi connectivity index (χ2v) is 7.28. The lowest BCUT2D eigenvalue weighted by molar-refractivity contribution is -0.114. The number of nitrogens with one attached hydrogen (secondary N) is 2. The molecule has 0 radical (unpaired) electrons. The summed E-state index contributed by atoms with van der Waals surface area (Å²) in [6.07, 6.45) is 0. The quantitative estimate of drug-likeness (QED) is 0.630. The highest BCUT2D eigenvalue weighted by Crippen LogP contribution is 2.24. The highest BCUT2D eigenvalue weighted by Gasteiger charge is 2.07. The SMILES string of the molecule is CC(=O)Nc1cccc(NC(=O)CSc2ccc(-c3cccs3)nn2)c1. The number of hydrogen-bond donors (Lipinski definition) is 2. The van der Waals surface area contributed by atoms with Gasteiger partial charge in [-0.1, -0.05) is 23.9 Å². The average molecular weight is 384 g/mol. The minimum absolute atomic E-state index is 0.154. The Morgan fingerprint density at radius 1 is 1.04 bits per heavy atom. The van der Waals surface area contributed by atoms with Crippen LogP contribution >= 0.6 is 23.1 Å². The number of anilines is 2. The van der Waals surface area contributed by atoms with E-state index in [4.69, 9.17) is 0 Å². The molecule has 2 heterocycles. The van der Waals surface area contributed by atoms with E-state index in [1.54, 1.807) is 35.6 Å². The maximum absolute atomic E-state index is 12.1. The number of carbonyl (C=O) groups is 2. The van der Waals surface area contributed by atoms with Crippen molar-refractivity contribution in [1.82, 2.24) is 10.2 Å². The zero-order valence-electron chi connectivity index (χ0n) is 13.9. The van der Waals surface area contributed by atoms with Gasteiger partial charge in [0.05, 0.1) is 10.6 Å². The van der Waals surface area contributed by atoms with Crippen LogP contribution in [0.3, 0.4) is 0 Å². The maximum atomic E-state index is 12.1. The molecule has 1 aromatic carbocycles. The topological polar surface area (TPSA) is 84.0 Å². The molecule has 132 valence electrons. The molecule has 0 saturated carbocycles. The average Bonchev–Trinajstić information content (AvgIpc) is 3.15. The zero-order chi connectivity index (χ0) is 18.4. The number of rotatable bonds is 6. The van der Waals surface area contributed by atoms with Crippen LogP contribution < -0.4 is 10.6 Å². The third-order valence-electron chi connectivity index (χ3n) is 3.23. The highest BCUT2D eigenvalue weighted by atomic mass is 32.2. The summed E-state index contributed by atoms with van der Waals surface area (Å²) in [4.78, 5) is 24.3. The van der Waals surface area contributed by atoms with Crippen LogP contribution in [-0.4, -0.2) is 27.8 Å². The van der Waals surface area contributed by atoms with E-state index in [1.165, 1.54) is 18.7 Å². The first-order valence-electron chi connectivity index (χ1n) is 7.78. The standard InChI is InChI=1S/C18H16N4O2S2/c1-12(23)19-13-4-2-5-14(10-13)20-17(24)11-26-18-8-7-15(21-22-18)16-6-3-9-25-16/h2-10H,11H2,1H3,(H,19,23)(H,20,24). The molecule has 3 aromatic rings. The molecule has 0 aliphatic heterocycles. The lowest BCUT2D eigenvalue weighted by Gasteiger charge is -2.07. The fourth-order valence-corrected chi connectivity index (χ4v) is 3.47. The molecule has 0 saturated heterocycles. The van der Waals surface area contributed by atoms with Gasteiger partial charge in [-0.05, 0) is 41.8 Å². The summed E-state index contributed by atoms with van der Waals surface area (Å²) in [5.41, 5.74) is 2.09. The van der Waals surface area contributed by atoms with Crippen molar-refractivity contribution in [3.8, 4) is 10.6 Å². The van der Waals surface area contributed by atoms with E-state index >= 15 is 0 Å². The molecule has 26 heavy (non-hydrogen) atoms. The number of hydrogen-bond acceptors (Lipinski definition) is 6. The van der Waals surface area contributed by atoms with E-state index in [9.17, 15) is 9.59 Å². The predicted octanol–water partition coefficient (Wildman–Crippen LogP) is 3.89. The number of amides is 2. The van der Waals surface area contributed by atoms with Crippen molar-refractivity contribution in [2.45, 2.75) is 11.9 Å². The first kappa shape index (κ1) is 18.1. The third-order valence-corrected chi connectivity index (χ3v) is 5.04. The van der Waals surface area contributed by atoms with Crippen molar-refractivity contribution >= 4 is 46.3 Å².